The van der Waals surface area contributed by atoms with E-state index in [2.05, 4.69) is 4.98 Å². The number of carbonyl (C=O) groups excluding carboxylic acids is 1. The van der Waals surface area contributed by atoms with E-state index in [9.17, 15) is 14.0 Å². The third-order valence-corrected chi connectivity index (χ3v) is 2.61. The van der Waals surface area contributed by atoms with Gasteiger partial charge in [-0.15, -0.1) is 0 Å². The molecule has 7 heteroatoms. The minimum absolute atomic E-state index is 0.0420. The number of nitrogens with one attached hydrogen (secondary N) is 1. The van der Waals surface area contributed by atoms with E-state index >= 15 is 0 Å². The first-order valence-electron chi connectivity index (χ1n) is 5.16. The number of halogens is 1. The first-order valence-corrected chi connectivity index (χ1v) is 5.16. The van der Waals surface area contributed by atoms with Crippen LogP contribution in [-0.2, 0) is 16.1 Å². The summed E-state index contributed by atoms with van der Waals surface area (Å²) >= 11 is 0. The summed E-state index contributed by atoms with van der Waals surface area (Å²) in [5, 5.41) is 0. The summed E-state index contributed by atoms with van der Waals surface area (Å²) < 4.78 is 18.4. The molecule has 0 saturated carbocycles. The van der Waals surface area contributed by atoms with Crippen LogP contribution in [0.15, 0.2) is 4.79 Å². The van der Waals surface area contributed by atoms with Crippen molar-refractivity contribution >= 4 is 5.91 Å². The van der Waals surface area contributed by atoms with E-state index < -0.39 is 24.2 Å². The molecule has 0 bridgehead atoms. The van der Waals surface area contributed by atoms with Crippen molar-refractivity contribution in [1.29, 1.82) is 0 Å². The van der Waals surface area contributed by atoms with E-state index in [1.807, 2.05) is 0 Å². The van der Waals surface area contributed by atoms with Crippen LogP contribution in [-0.4, -0.2) is 35.8 Å². The molecule has 0 spiro atoms. The molecule has 1 rings (SSSR count). The summed E-state index contributed by atoms with van der Waals surface area (Å²) in [7, 11) is 1.43. The zero-order chi connectivity index (χ0) is 13.0. The van der Waals surface area contributed by atoms with Gasteiger partial charge >= 0.3 is 5.69 Å². The Bertz CT molecular complexity index is 452. The van der Waals surface area contributed by atoms with Crippen LogP contribution in [0.4, 0.5) is 4.39 Å². The van der Waals surface area contributed by atoms with Crippen LogP contribution in [0.2, 0.25) is 0 Å². The summed E-state index contributed by atoms with van der Waals surface area (Å²) in [5.74, 6) is -1.32. The van der Waals surface area contributed by atoms with Gasteiger partial charge in [0, 0.05) is 12.8 Å². The number of amides is 1. The minimum atomic E-state index is -0.728. The molecule has 0 aliphatic carbocycles. The SMILES string of the molecule is COCC(C(N)=O)c1[nH]c(=O)n(CCF)c1C. The Labute approximate surface area is 97.6 Å². The third-order valence-electron chi connectivity index (χ3n) is 2.61. The van der Waals surface area contributed by atoms with Gasteiger partial charge in [0.25, 0.3) is 0 Å². The lowest BCUT2D eigenvalue weighted by Crippen LogP contribution is -2.26. The van der Waals surface area contributed by atoms with Gasteiger partial charge in [-0.25, -0.2) is 9.18 Å². The average Bonchev–Trinajstić information content (AvgIpc) is 2.54. The first-order chi connectivity index (χ1) is 8.02. The zero-order valence-corrected chi connectivity index (χ0v) is 9.83. The van der Waals surface area contributed by atoms with Crippen molar-refractivity contribution in [2.75, 3.05) is 20.4 Å². The van der Waals surface area contributed by atoms with Gasteiger partial charge in [-0.3, -0.25) is 9.36 Å². The normalized spacial score (nSPS) is 12.6. The molecule has 0 saturated heterocycles. The van der Waals surface area contributed by atoms with Crippen LogP contribution >= 0.6 is 0 Å². The topological polar surface area (TPSA) is 90.1 Å². The second kappa shape index (κ2) is 5.62. The monoisotopic (exact) mass is 245 g/mol. The molecular weight excluding hydrogens is 229 g/mol. The van der Waals surface area contributed by atoms with Crippen molar-refractivity contribution in [3.63, 3.8) is 0 Å². The molecule has 1 atom stereocenters. The fourth-order valence-corrected chi connectivity index (χ4v) is 1.74. The molecule has 96 valence electrons. The Morgan fingerprint density at radius 3 is 2.76 bits per heavy atom. The standard InChI is InChI=1S/C10H16FN3O3/c1-6-8(7(5-17-2)9(12)15)13-10(16)14(6)4-3-11/h7H,3-5H2,1-2H3,(H2,12,15)(H,13,16). The number of hydrogen-bond donors (Lipinski definition) is 2. The van der Waals surface area contributed by atoms with E-state index in [0.717, 1.165) is 0 Å². The van der Waals surface area contributed by atoms with Crippen molar-refractivity contribution in [3.8, 4) is 0 Å². The molecule has 1 amide bonds. The quantitative estimate of drug-likeness (QED) is 0.719. The highest BCUT2D eigenvalue weighted by molar-refractivity contribution is 5.81. The highest BCUT2D eigenvalue weighted by Gasteiger charge is 2.24. The van der Waals surface area contributed by atoms with Crippen LogP contribution in [0.5, 0.6) is 0 Å². The third kappa shape index (κ3) is 2.73. The Balaban J connectivity index is 3.16. The van der Waals surface area contributed by atoms with Crippen molar-refractivity contribution in [3.05, 3.63) is 21.9 Å². The molecule has 1 aromatic heterocycles. The number of nitrogens with two attached hydrogens (primary N) is 1. The molecule has 0 aliphatic heterocycles. The summed E-state index contributed by atoms with van der Waals surface area (Å²) in [4.78, 5) is 25.3. The van der Waals surface area contributed by atoms with Gasteiger partial charge in [0.15, 0.2) is 0 Å². The number of aromatic amines is 1. The molecule has 0 aromatic carbocycles. The van der Waals surface area contributed by atoms with Gasteiger partial charge in [-0.2, -0.15) is 0 Å². The fraction of sp³-hybridized carbons (Fsp3) is 0.600. The summed E-state index contributed by atoms with van der Waals surface area (Å²) in [6, 6.07) is 0. The van der Waals surface area contributed by atoms with Crippen LogP contribution in [0.3, 0.4) is 0 Å². The summed E-state index contributed by atoms with van der Waals surface area (Å²) in [6.45, 7) is 1.02. The molecule has 0 radical (unpaired) electrons. The summed E-state index contributed by atoms with van der Waals surface area (Å²) in [6.07, 6.45) is 0. The number of ether oxygens (including phenoxy) is 1. The van der Waals surface area contributed by atoms with Crippen LogP contribution in [0, 0.1) is 6.92 Å². The van der Waals surface area contributed by atoms with Crippen LogP contribution < -0.4 is 11.4 Å². The molecule has 6 nitrogen and oxygen atoms in total. The lowest BCUT2D eigenvalue weighted by atomic mass is 10.0. The van der Waals surface area contributed by atoms with E-state index in [-0.39, 0.29) is 13.2 Å². The molecule has 3 N–H and O–H groups in total. The second-order valence-corrected chi connectivity index (χ2v) is 3.68. The van der Waals surface area contributed by atoms with Gasteiger partial charge < -0.3 is 15.5 Å². The average molecular weight is 245 g/mol. The number of aromatic nitrogens is 2. The predicted molar refractivity (Wildman–Crippen MR) is 59.6 cm³/mol. The molecule has 0 aliphatic rings. The van der Waals surface area contributed by atoms with Crippen molar-refractivity contribution in [1.82, 2.24) is 9.55 Å². The maximum Gasteiger partial charge on any atom is 0.326 e. The van der Waals surface area contributed by atoms with Gasteiger partial charge in [0.1, 0.15) is 12.6 Å². The highest BCUT2D eigenvalue weighted by atomic mass is 19.1. The lowest BCUT2D eigenvalue weighted by molar-refractivity contribution is -0.120. The van der Waals surface area contributed by atoms with E-state index in [0.29, 0.717) is 11.4 Å². The Morgan fingerprint density at radius 1 is 1.65 bits per heavy atom. The number of alkyl halides is 1. The number of nitrogens with zero attached hydrogens (tertiary/aromatic N) is 1. The maximum atomic E-state index is 12.3. The molecule has 1 unspecified atom stereocenters. The van der Waals surface area contributed by atoms with Gasteiger partial charge in [-0.1, -0.05) is 0 Å². The Hall–Kier alpha value is -1.63. The van der Waals surface area contributed by atoms with Crippen molar-refractivity contribution < 1.29 is 13.9 Å². The number of primary amides is 1. The van der Waals surface area contributed by atoms with E-state index in [1.165, 1.54) is 11.7 Å². The number of rotatable bonds is 6. The number of H-pyrrole nitrogens is 1. The van der Waals surface area contributed by atoms with Gasteiger partial charge in [0.05, 0.1) is 18.8 Å². The summed E-state index contributed by atoms with van der Waals surface area (Å²) in [5.41, 5.74) is 5.68. The number of methoxy groups -OCH3 is 1. The maximum absolute atomic E-state index is 12.3. The number of carbonyl (C=O) groups is 1. The Kier molecular flexibility index (Phi) is 4.45. The largest absolute Gasteiger partial charge is 0.383 e. The number of hydrogen-bond acceptors (Lipinski definition) is 3. The predicted octanol–water partition coefficient (Wildman–Crippen LogP) is -0.330. The smallest absolute Gasteiger partial charge is 0.326 e. The zero-order valence-electron chi connectivity index (χ0n) is 9.83. The molecule has 17 heavy (non-hydrogen) atoms. The minimum Gasteiger partial charge on any atom is -0.383 e. The fourth-order valence-electron chi connectivity index (χ4n) is 1.74. The van der Waals surface area contributed by atoms with Crippen LogP contribution in [0.1, 0.15) is 17.3 Å². The highest BCUT2D eigenvalue weighted by Crippen LogP contribution is 2.16. The first kappa shape index (κ1) is 13.4. The van der Waals surface area contributed by atoms with E-state index in [4.69, 9.17) is 10.5 Å². The van der Waals surface area contributed by atoms with Gasteiger partial charge in [0.2, 0.25) is 5.91 Å². The molecule has 1 heterocycles. The van der Waals surface area contributed by atoms with Gasteiger partial charge in [-0.05, 0) is 6.92 Å². The van der Waals surface area contributed by atoms with Crippen molar-refractivity contribution in [2.24, 2.45) is 5.73 Å². The molecule has 1 aromatic rings. The lowest BCUT2D eigenvalue weighted by Gasteiger charge is -2.11. The van der Waals surface area contributed by atoms with Crippen molar-refractivity contribution in [2.45, 2.75) is 19.4 Å². The second-order valence-electron chi connectivity index (χ2n) is 3.68. The Morgan fingerprint density at radius 2 is 2.29 bits per heavy atom. The number of imidazole rings is 1. The van der Waals surface area contributed by atoms with E-state index in [1.54, 1.807) is 6.92 Å². The molecular formula is C10H16FN3O3. The molecule has 0 fully saturated rings. The van der Waals surface area contributed by atoms with Crippen LogP contribution in [0.25, 0.3) is 0 Å².